The van der Waals surface area contributed by atoms with Gasteiger partial charge in [-0.15, -0.1) is 4.40 Å². The largest absolute Gasteiger partial charge is 0.324 e. The maximum Gasteiger partial charge on any atom is 0.285 e. The van der Waals surface area contributed by atoms with Crippen LogP contribution < -0.4 is 11.2 Å². The number of rotatable bonds is 3. The summed E-state index contributed by atoms with van der Waals surface area (Å²) in [7, 11) is -2.38. The van der Waals surface area contributed by atoms with Crippen molar-refractivity contribution in [1.82, 2.24) is 5.01 Å². The van der Waals surface area contributed by atoms with Gasteiger partial charge in [-0.3, -0.25) is 5.01 Å². The number of nitrogens with two attached hydrogens (primary N) is 1. The molecule has 8 heteroatoms. The lowest BCUT2D eigenvalue weighted by atomic mass is 10.2. The molecule has 0 amide bonds. The molecule has 0 fully saturated rings. The van der Waals surface area contributed by atoms with E-state index in [9.17, 15) is 8.42 Å². The first-order chi connectivity index (χ1) is 10.8. The van der Waals surface area contributed by atoms with Gasteiger partial charge >= 0.3 is 0 Å². The number of hydrogen-bond acceptors (Lipinski definition) is 3. The average Bonchev–Trinajstić information content (AvgIpc) is 2.49. The second-order valence-corrected chi connectivity index (χ2v) is 6.99. The number of hydrogen-bond donors (Lipinski definition) is 2. The summed E-state index contributed by atoms with van der Waals surface area (Å²) in [6.07, 6.45) is 0. The van der Waals surface area contributed by atoms with E-state index in [1.807, 2.05) is 6.92 Å². The van der Waals surface area contributed by atoms with E-state index in [2.05, 4.69) is 9.71 Å². The molecule has 23 heavy (non-hydrogen) atoms. The summed E-state index contributed by atoms with van der Waals surface area (Å²) in [5.74, 6) is 5.67. The van der Waals surface area contributed by atoms with Gasteiger partial charge in [0.25, 0.3) is 10.0 Å². The van der Waals surface area contributed by atoms with Crippen LogP contribution in [0, 0.1) is 6.92 Å². The zero-order valence-corrected chi connectivity index (χ0v) is 14.3. The Bertz CT molecular complexity index is 800. The maximum absolute atomic E-state index is 12.4. The molecule has 0 aliphatic heterocycles. The van der Waals surface area contributed by atoms with Crippen molar-refractivity contribution >= 4 is 33.3 Å². The average molecular weight is 353 g/mol. The van der Waals surface area contributed by atoms with Crippen LogP contribution in [-0.4, -0.2) is 26.4 Å². The topological polar surface area (TPSA) is 87.8 Å². The number of hydrazine groups is 1. The van der Waals surface area contributed by atoms with Crippen LogP contribution in [-0.2, 0) is 10.0 Å². The molecule has 2 rings (SSSR count). The fraction of sp³-hybridized carbons (Fsp3) is 0.133. The van der Waals surface area contributed by atoms with E-state index in [1.165, 1.54) is 19.2 Å². The number of anilines is 1. The molecule has 2 aromatic carbocycles. The first-order valence-electron chi connectivity index (χ1n) is 6.70. The van der Waals surface area contributed by atoms with Gasteiger partial charge in [-0.2, -0.15) is 8.42 Å². The fourth-order valence-electron chi connectivity index (χ4n) is 1.71. The Balaban J connectivity index is 2.34. The molecule has 0 radical (unpaired) electrons. The van der Waals surface area contributed by atoms with Gasteiger partial charge in [0.05, 0.1) is 4.90 Å². The van der Waals surface area contributed by atoms with Crippen LogP contribution in [0.1, 0.15) is 5.56 Å². The lowest BCUT2D eigenvalue weighted by Crippen LogP contribution is -2.39. The van der Waals surface area contributed by atoms with Crippen molar-refractivity contribution < 1.29 is 8.42 Å². The molecule has 0 aliphatic carbocycles. The molecule has 0 aromatic heterocycles. The third-order valence-corrected chi connectivity index (χ3v) is 4.49. The van der Waals surface area contributed by atoms with Crippen molar-refractivity contribution in [3.8, 4) is 0 Å². The molecule has 0 heterocycles. The molecule has 0 bridgehead atoms. The van der Waals surface area contributed by atoms with Crippen LogP contribution in [0.2, 0.25) is 5.02 Å². The normalized spacial score (nSPS) is 12.1. The van der Waals surface area contributed by atoms with Crippen molar-refractivity contribution in [1.29, 1.82) is 0 Å². The molecule has 6 nitrogen and oxygen atoms in total. The van der Waals surface area contributed by atoms with Gasteiger partial charge in [0.15, 0.2) is 0 Å². The number of nitrogens with one attached hydrogen (secondary N) is 1. The fourth-order valence-corrected chi connectivity index (χ4v) is 2.83. The van der Waals surface area contributed by atoms with Gasteiger partial charge in [0, 0.05) is 17.8 Å². The highest BCUT2D eigenvalue weighted by molar-refractivity contribution is 7.90. The molecule has 0 aliphatic rings. The number of halogens is 1. The molecule has 3 N–H and O–H groups in total. The molecule has 0 atom stereocenters. The minimum atomic E-state index is -3.87. The Morgan fingerprint density at radius 3 is 2.22 bits per heavy atom. The lowest BCUT2D eigenvalue weighted by Gasteiger charge is -2.17. The molecule has 0 spiro atoms. The number of sulfonamides is 1. The summed E-state index contributed by atoms with van der Waals surface area (Å²) < 4.78 is 28.5. The van der Waals surface area contributed by atoms with E-state index in [0.717, 1.165) is 10.6 Å². The second-order valence-electron chi connectivity index (χ2n) is 4.95. The molecular weight excluding hydrogens is 336 g/mol. The number of benzene rings is 2. The Morgan fingerprint density at radius 2 is 1.70 bits per heavy atom. The molecule has 122 valence electrons. The Labute approximate surface area is 140 Å². The molecular formula is C15H17ClN4O2S. The molecule has 0 saturated heterocycles. The predicted molar refractivity (Wildman–Crippen MR) is 92.8 cm³/mol. The zero-order chi connectivity index (χ0) is 17.0. The summed E-state index contributed by atoms with van der Waals surface area (Å²) in [6, 6.07) is 13.2. The first-order valence-corrected chi connectivity index (χ1v) is 8.52. The highest BCUT2D eigenvalue weighted by Gasteiger charge is 2.16. The van der Waals surface area contributed by atoms with Crippen LogP contribution in [0.25, 0.3) is 0 Å². The van der Waals surface area contributed by atoms with Crippen LogP contribution in [0.5, 0.6) is 0 Å². The predicted octanol–water partition coefficient (Wildman–Crippen LogP) is 2.61. The summed E-state index contributed by atoms with van der Waals surface area (Å²) in [5, 5.41) is 4.53. The summed E-state index contributed by atoms with van der Waals surface area (Å²) in [6.45, 7) is 1.88. The standard InChI is InChI=1S/C15H17ClN4O2S/c1-11-3-9-14(10-4-11)23(21,22)19-15(20(2)17)18-13-7-5-12(16)6-8-13/h3-10H,17H2,1-2H3,(H,18,19). The van der Waals surface area contributed by atoms with Crippen LogP contribution in [0.3, 0.4) is 0 Å². The smallest absolute Gasteiger partial charge is 0.285 e. The van der Waals surface area contributed by atoms with E-state index in [0.29, 0.717) is 10.7 Å². The van der Waals surface area contributed by atoms with Gasteiger partial charge in [0.1, 0.15) is 0 Å². The van der Waals surface area contributed by atoms with Gasteiger partial charge < -0.3 is 5.32 Å². The summed E-state index contributed by atoms with van der Waals surface area (Å²) in [5.41, 5.74) is 1.58. The SMILES string of the molecule is Cc1ccc(S(=O)(=O)N=C(Nc2ccc(Cl)cc2)N(C)N)cc1. The summed E-state index contributed by atoms with van der Waals surface area (Å²) in [4.78, 5) is 0.0976. The molecule has 2 aromatic rings. The van der Waals surface area contributed by atoms with Gasteiger partial charge in [0.2, 0.25) is 5.96 Å². The van der Waals surface area contributed by atoms with Gasteiger partial charge in [-0.05, 0) is 43.3 Å². The van der Waals surface area contributed by atoms with Crippen LogP contribution >= 0.6 is 11.6 Å². The van der Waals surface area contributed by atoms with E-state index in [1.54, 1.807) is 36.4 Å². The second kappa shape index (κ2) is 6.99. The Kier molecular flexibility index (Phi) is 5.25. The Morgan fingerprint density at radius 1 is 1.13 bits per heavy atom. The monoisotopic (exact) mass is 352 g/mol. The third-order valence-electron chi connectivity index (χ3n) is 2.96. The van der Waals surface area contributed by atoms with Crippen molar-refractivity contribution in [3.05, 3.63) is 59.1 Å². The minimum Gasteiger partial charge on any atom is -0.324 e. The van der Waals surface area contributed by atoms with Crippen molar-refractivity contribution in [2.45, 2.75) is 11.8 Å². The quantitative estimate of drug-likeness (QED) is 0.383. The van der Waals surface area contributed by atoms with E-state index >= 15 is 0 Å². The van der Waals surface area contributed by atoms with Gasteiger partial charge in [-0.25, -0.2) is 5.84 Å². The van der Waals surface area contributed by atoms with Gasteiger partial charge in [-0.1, -0.05) is 29.3 Å². The van der Waals surface area contributed by atoms with Crippen LogP contribution in [0.4, 0.5) is 5.69 Å². The van der Waals surface area contributed by atoms with Crippen molar-refractivity contribution in [2.75, 3.05) is 12.4 Å². The first kappa shape index (κ1) is 17.3. The van der Waals surface area contributed by atoms with Crippen molar-refractivity contribution in [2.24, 2.45) is 10.2 Å². The van der Waals surface area contributed by atoms with E-state index in [4.69, 9.17) is 17.4 Å². The number of nitrogens with zero attached hydrogens (tertiary/aromatic N) is 2. The van der Waals surface area contributed by atoms with E-state index in [-0.39, 0.29) is 10.9 Å². The highest BCUT2D eigenvalue weighted by Crippen LogP contribution is 2.16. The lowest BCUT2D eigenvalue weighted by molar-refractivity contribution is 0.536. The zero-order valence-electron chi connectivity index (χ0n) is 12.7. The van der Waals surface area contributed by atoms with Crippen LogP contribution in [0.15, 0.2) is 57.8 Å². The number of guanidine groups is 1. The Hall–Kier alpha value is -2.09. The highest BCUT2D eigenvalue weighted by atomic mass is 35.5. The minimum absolute atomic E-state index is 0.00658. The third kappa shape index (κ3) is 4.69. The number of aryl methyl sites for hydroxylation is 1. The van der Waals surface area contributed by atoms with Crippen molar-refractivity contribution in [3.63, 3.8) is 0 Å². The molecule has 0 unspecified atom stereocenters. The van der Waals surface area contributed by atoms with E-state index < -0.39 is 10.0 Å². The maximum atomic E-state index is 12.4. The summed E-state index contributed by atoms with van der Waals surface area (Å²) >= 11 is 5.82. The molecule has 0 saturated carbocycles.